The van der Waals surface area contributed by atoms with Crippen molar-refractivity contribution in [2.45, 2.75) is 51.7 Å². The zero-order chi connectivity index (χ0) is 15.1. The number of anilines is 1. The third-order valence-electron chi connectivity index (χ3n) is 3.88. The number of nitrogens with one attached hydrogen (secondary N) is 1. The summed E-state index contributed by atoms with van der Waals surface area (Å²) >= 11 is 0. The topological polar surface area (TPSA) is 39.7 Å². The highest BCUT2D eigenvalue weighted by Crippen LogP contribution is 2.32. The third kappa shape index (κ3) is 4.53. The van der Waals surface area contributed by atoms with Crippen LogP contribution in [0.3, 0.4) is 0 Å². The van der Waals surface area contributed by atoms with Gasteiger partial charge in [-0.3, -0.25) is 0 Å². The van der Waals surface area contributed by atoms with Crippen molar-refractivity contribution in [3.8, 4) is 11.5 Å². The average molecular weight is 293 g/mol. The molecule has 1 saturated carbocycles. The van der Waals surface area contributed by atoms with Crippen molar-refractivity contribution in [1.82, 2.24) is 0 Å². The van der Waals surface area contributed by atoms with Gasteiger partial charge in [-0.1, -0.05) is 0 Å². The Kier molecular flexibility index (Phi) is 6.18. The van der Waals surface area contributed by atoms with Gasteiger partial charge in [-0.2, -0.15) is 0 Å². The van der Waals surface area contributed by atoms with Gasteiger partial charge in [0.1, 0.15) is 11.5 Å². The first-order valence-corrected chi connectivity index (χ1v) is 7.95. The van der Waals surface area contributed by atoms with E-state index in [0.29, 0.717) is 25.4 Å². The van der Waals surface area contributed by atoms with E-state index < -0.39 is 0 Å². The Morgan fingerprint density at radius 2 is 1.95 bits per heavy atom. The van der Waals surface area contributed by atoms with Crippen LogP contribution in [0.15, 0.2) is 18.2 Å². The van der Waals surface area contributed by atoms with Crippen LogP contribution in [0.4, 0.5) is 5.69 Å². The van der Waals surface area contributed by atoms with Gasteiger partial charge in [-0.15, -0.1) is 0 Å². The molecule has 1 aliphatic carbocycles. The summed E-state index contributed by atoms with van der Waals surface area (Å²) in [5.74, 6) is 1.77. The van der Waals surface area contributed by atoms with Crippen LogP contribution in [0.5, 0.6) is 11.5 Å². The van der Waals surface area contributed by atoms with Crippen LogP contribution in [0.2, 0.25) is 0 Å². The number of benzene rings is 1. The van der Waals surface area contributed by atoms with Crippen LogP contribution in [0.1, 0.15) is 39.5 Å². The van der Waals surface area contributed by atoms with Gasteiger partial charge in [0.05, 0.1) is 25.0 Å². The number of hydrogen-bond donors (Lipinski definition) is 1. The van der Waals surface area contributed by atoms with Crippen LogP contribution in [-0.2, 0) is 4.74 Å². The fraction of sp³-hybridized carbons (Fsp3) is 0.647. The summed E-state index contributed by atoms with van der Waals surface area (Å²) in [6.45, 7) is 5.33. The van der Waals surface area contributed by atoms with Gasteiger partial charge < -0.3 is 19.5 Å². The summed E-state index contributed by atoms with van der Waals surface area (Å²) in [6, 6.07) is 6.40. The van der Waals surface area contributed by atoms with E-state index in [0.717, 1.165) is 30.0 Å². The van der Waals surface area contributed by atoms with E-state index in [-0.39, 0.29) is 0 Å². The molecule has 1 aromatic rings. The first-order chi connectivity index (χ1) is 10.3. The molecule has 0 heterocycles. The second kappa shape index (κ2) is 8.13. The molecule has 1 aliphatic rings. The molecule has 0 aliphatic heterocycles. The van der Waals surface area contributed by atoms with Gasteiger partial charge in [0.25, 0.3) is 0 Å². The van der Waals surface area contributed by atoms with Crippen molar-refractivity contribution in [2.24, 2.45) is 0 Å². The molecule has 0 spiro atoms. The maximum absolute atomic E-state index is 5.72. The lowest BCUT2D eigenvalue weighted by Gasteiger charge is -2.30. The lowest BCUT2D eigenvalue weighted by atomic mass is 9.92. The molecule has 4 nitrogen and oxygen atoms in total. The number of ether oxygens (including phenoxy) is 3. The van der Waals surface area contributed by atoms with E-state index in [4.69, 9.17) is 14.2 Å². The van der Waals surface area contributed by atoms with Crippen LogP contribution < -0.4 is 14.8 Å². The van der Waals surface area contributed by atoms with Crippen molar-refractivity contribution >= 4 is 5.69 Å². The molecular formula is C17H27NO3. The van der Waals surface area contributed by atoms with Gasteiger partial charge in [0.2, 0.25) is 0 Å². The van der Waals surface area contributed by atoms with E-state index in [9.17, 15) is 0 Å². The monoisotopic (exact) mass is 293 g/mol. The normalized spacial score (nSPS) is 21.9. The molecule has 1 fully saturated rings. The second-order valence-corrected chi connectivity index (χ2v) is 5.39. The first kappa shape index (κ1) is 16.0. The molecule has 1 aromatic carbocycles. The van der Waals surface area contributed by atoms with E-state index >= 15 is 0 Å². The van der Waals surface area contributed by atoms with Crippen LogP contribution >= 0.6 is 0 Å². The predicted molar refractivity (Wildman–Crippen MR) is 85.5 cm³/mol. The molecule has 0 bridgehead atoms. The zero-order valence-electron chi connectivity index (χ0n) is 13.4. The minimum absolute atomic E-state index is 0.363. The van der Waals surface area contributed by atoms with Crippen molar-refractivity contribution in [3.63, 3.8) is 0 Å². The predicted octanol–water partition coefficient (Wildman–Crippen LogP) is 3.85. The van der Waals surface area contributed by atoms with E-state index in [1.165, 1.54) is 12.8 Å². The Bertz CT molecular complexity index is 436. The molecule has 2 unspecified atom stereocenters. The molecule has 2 atom stereocenters. The highest BCUT2D eigenvalue weighted by molar-refractivity contribution is 5.60. The fourth-order valence-electron chi connectivity index (χ4n) is 2.87. The SMILES string of the molecule is CCOc1ccc(OCC)c(NC2CCCC(OC)C2)c1. The van der Waals surface area contributed by atoms with Gasteiger partial charge in [-0.25, -0.2) is 0 Å². The molecular weight excluding hydrogens is 266 g/mol. The van der Waals surface area contributed by atoms with Crippen LogP contribution in [0, 0.1) is 0 Å². The molecule has 0 aromatic heterocycles. The molecule has 118 valence electrons. The van der Waals surface area contributed by atoms with Crippen LogP contribution in [-0.4, -0.2) is 32.5 Å². The largest absolute Gasteiger partial charge is 0.494 e. The standard InChI is InChI=1S/C17H27NO3/c1-4-20-15-9-10-17(21-5-2)16(12-15)18-13-7-6-8-14(11-13)19-3/h9-10,12-14,18H,4-8,11H2,1-3H3. The Balaban J connectivity index is 2.09. The number of hydrogen-bond acceptors (Lipinski definition) is 4. The Hall–Kier alpha value is -1.42. The molecule has 21 heavy (non-hydrogen) atoms. The molecule has 0 saturated heterocycles. The van der Waals surface area contributed by atoms with Crippen LogP contribution in [0.25, 0.3) is 0 Å². The van der Waals surface area contributed by atoms with Crippen molar-refractivity contribution in [3.05, 3.63) is 18.2 Å². The highest BCUT2D eigenvalue weighted by Gasteiger charge is 2.22. The smallest absolute Gasteiger partial charge is 0.142 e. The Morgan fingerprint density at radius 3 is 2.67 bits per heavy atom. The van der Waals surface area contributed by atoms with E-state index in [2.05, 4.69) is 5.32 Å². The Morgan fingerprint density at radius 1 is 1.14 bits per heavy atom. The maximum Gasteiger partial charge on any atom is 0.142 e. The van der Waals surface area contributed by atoms with E-state index in [1.807, 2.05) is 32.0 Å². The summed E-state index contributed by atoms with van der Waals surface area (Å²) in [4.78, 5) is 0. The quantitative estimate of drug-likeness (QED) is 0.829. The van der Waals surface area contributed by atoms with Gasteiger partial charge in [0, 0.05) is 19.2 Å². The molecule has 0 amide bonds. The fourth-order valence-corrected chi connectivity index (χ4v) is 2.87. The summed E-state index contributed by atoms with van der Waals surface area (Å²) in [5.41, 5.74) is 1.02. The number of rotatable bonds is 7. The molecule has 4 heteroatoms. The third-order valence-corrected chi connectivity index (χ3v) is 3.88. The van der Waals surface area contributed by atoms with Crippen molar-refractivity contribution in [1.29, 1.82) is 0 Å². The lowest BCUT2D eigenvalue weighted by Crippen LogP contribution is -2.31. The minimum Gasteiger partial charge on any atom is -0.494 e. The first-order valence-electron chi connectivity index (χ1n) is 7.95. The summed E-state index contributed by atoms with van der Waals surface area (Å²) in [5, 5.41) is 3.61. The lowest BCUT2D eigenvalue weighted by molar-refractivity contribution is 0.0669. The zero-order valence-corrected chi connectivity index (χ0v) is 13.4. The summed E-state index contributed by atoms with van der Waals surface area (Å²) in [6.07, 6.45) is 4.93. The second-order valence-electron chi connectivity index (χ2n) is 5.39. The Labute approximate surface area is 127 Å². The molecule has 2 rings (SSSR count). The maximum atomic E-state index is 5.72. The number of methoxy groups -OCH3 is 1. The average Bonchev–Trinajstić information content (AvgIpc) is 2.50. The molecule has 1 N–H and O–H groups in total. The van der Waals surface area contributed by atoms with Crippen molar-refractivity contribution < 1.29 is 14.2 Å². The van der Waals surface area contributed by atoms with Gasteiger partial charge in [0.15, 0.2) is 0 Å². The van der Waals surface area contributed by atoms with Crippen molar-refractivity contribution in [2.75, 3.05) is 25.6 Å². The summed E-state index contributed by atoms with van der Waals surface area (Å²) in [7, 11) is 1.80. The van der Waals surface area contributed by atoms with E-state index in [1.54, 1.807) is 7.11 Å². The van der Waals surface area contributed by atoms with Gasteiger partial charge >= 0.3 is 0 Å². The molecule has 0 radical (unpaired) electrons. The van der Waals surface area contributed by atoms with Gasteiger partial charge in [-0.05, 0) is 51.7 Å². The minimum atomic E-state index is 0.363. The summed E-state index contributed by atoms with van der Waals surface area (Å²) < 4.78 is 16.8. The highest BCUT2D eigenvalue weighted by atomic mass is 16.5.